The number of hydrogen-bond acceptors (Lipinski definition) is 5. The van der Waals surface area contributed by atoms with E-state index in [9.17, 15) is 4.79 Å². The summed E-state index contributed by atoms with van der Waals surface area (Å²) in [6, 6.07) is 7.90. The number of ether oxygens (including phenoxy) is 1. The van der Waals surface area contributed by atoms with Gasteiger partial charge in [0.2, 0.25) is 0 Å². The summed E-state index contributed by atoms with van der Waals surface area (Å²) in [6.45, 7) is 8.59. The van der Waals surface area contributed by atoms with Gasteiger partial charge in [-0.05, 0) is 55.0 Å². The second kappa shape index (κ2) is 8.18. The first-order chi connectivity index (χ1) is 12.4. The van der Waals surface area contributed by atoms with Gasteiger partial charge in [0, 0.05) is 11.1 Å². The third-order valence-electron chi connectivity index (χ3n) is 4.60. The van der Waals surface area contributed by atoms with Gasteiger partial charge in [0.05, 0.1) is 0 Å². The van der Waals surface area contributed by atoms with Crippen molar-refractivity contribution in [1.29, 1.82) is 0 Å². The fourth-order valence-corrected chi connectivity index (χ4v) is 4.00. The first-order valence-corrected chi connectivity index (χ1v) is 9.93. The molecule has 2 N–H and O–H groups in total. The van der Waals surface area contributed by atoms with E-state index in [-0.39, 0.29) is 17.9 Å². The summed E-state index contributed by atoms with van der Waals surface area (Å²) in [4.78, 5) is 17.7. The molecule has 0 spiro atoms. The van der Waals surface area contributed by atoms with Gasteiger partial charge in [-0.3, -0.25) is 10.1 Å². The Balaban J connectivity index is 1.49. The maximum atomic E-state index is 12.1. The SMILES string of the molecule is CC(C)(C)c1ccc(OCC(=O)Nc2ncc(C3CCNCC3)s2)cc1. The number of anilines is 1. The molecule has 0 atom stereocenters. The Labute approximate surface area is 159 Å². The lowest BCUT2D eigenvalue weighted by atomic mass is 9.87. The molecule has 1 fully saturated rings. The molecule has 1 aromatic carbocycles. The van der Waals surface area contributed by atoms with Crippen LogP contribution in [0.4, 0.5) is 5.13 Å². The lowest BCUT2D eigenvalue weighted by Gasteiger charge is -2.20. The molecular weight excluding hydrogens is 346 g/mol. The van der Waals surface area contributed by atoms with Gasteiger partial charge in [-0.25, -0.2) is 4.98 Å². The monoisotopic (exact) mass is 373 g/mol. The summed E-state index contributed by atoms with van der Waals surface area (Å²) in [6.07, 6.45) is 4.15. The zero-order valence-corrected chi connectivity index (χ0v) is 16.5. The Morgan fingerprint density at radius 2 is 1.96 bits per heavy atom. The molecule has 0 bridgehead atoms. The molecule has 1 saturated heterocycles. The van der Waals surface area contributed by atoms with Crippen molar-refractivity contribution in [1.82, 2.24) is 10.3 Å². The standard InChI is InChI=1S/C20H27N3O2S/c1-20(2,3)15-4-6-16(7-5-15)25-13-18(24)23-19-22-12-17(26-19)14-8-10-21-11-9-14/h4-7,12,14,21H,8-11,13H2,1-3H3,(H,22,23,24). The molecule has 3 rings (SSSR count). The molecule has 0 aliphatic carbocycles. The average molecular weight is 374 g/mol. The summed E-state index contributed by atoms with van der Waals surface area (Å²) < 4.78 is 5.59. The second-order valence-electron chi connectivity index (χ2n) is 7.70. The molecule has 1 aliphatic heterocycles. The maximum Gasteiger partial charge on any atom is 0.264 e. The number of hydrogen-bond donors (Lipinski definition) is 2. The Morgan fingerprint density at radius 1 is 1.27 bits per heavy atom. The number of benzene rings is 1. The summed E-state index contributed by atoms with van der Waals surface area (Å²) in [5.74, 6) is 1.07. The molecule has 1 aromatic heterocycles. The first-order valence-electron chi connectivity index (χ1n) is 9.11. The van der Waals surface area contributed by atoms with Crippen molar-refractivity contribution in [3.05, 3.63) is 40.9 Å². The van der Waals surface area contributed by atoms with Crippen molar-refractivity contribution in [2.45, 2.75) is 44.9 Å². The highest BCUT2D eigenvalue weighted by molar-refractivity contribution is 7.15. The van der Waals surface area contributed by atoms with E-state index >= 15 is 0 Å². The largest absolute Gasteiger partial charge is 0.484 e. The topological polar surface area (TPSA) is 63.2 Å². The van der Waals surface area contributed by atoms with E-state index in [1.165, 1.54) is 10.4 Å². The van der Waals surface area contributed by atoms with Gasteiger partial charge in [0.25, 0.3) is 5.91 Å². The Morgan fingerprint density at radius 3 is 2.62 bits per heavy atom. The fraction of sp³-hybridized carbons (Fsp3) is 0.500. The van der Waals surface area contributed by atoms with Gasteiger partial charge >= 0.3 is 0 Å². The van der Waals surface area contributed by atoms with Crippen LogP contribution in [0.5, 0.6) is 5.75 Å². The van der Waals surface area contributed by atoms with Gasteiger partial charge in [-0.1, -0.05) is 32.9 Å². The van der Waals surface area contributed by atoms with Crippen LogP contribution in [0.1, 0.15) is 50.0 Å². The molecule has 0 unspecified atom stereocenters. The van der Waals surface area contributed by atoms with E-state index in [1.54, 1.807) is 11.3 Å². The number of nitrogens with one attached hydrogen (secondary N) is 2. The van der Waals surface area contributed by atoms with Crippen LogP contribution in [0.15, 0.2) is 30.5 Å². The highest BCUT2D eigenvalue weighted by atomic mass is 32.1. The van der Waals surface area contributed by atoms with Gasteiger partial charge < -0.3 is 10.1 Å². The smallest absolute Gasteiger partial charge is 0.264 e. The number of nitrogens with zero attached hydrogens (tertiary/aromatic N) is 1. The van der Waals surface area contributed by atoms with Crippen LogP contribution in [-0.2, 0) is 10.2 Å². The first kappa shape index (κ1) is 18.9. The highest BCUT2D eigenvalue weighted by Gasteiger charge is 2.18. The van der Waals surface area contributed by atoms with Crippen LogP contribution < -0.4 is 15.4 Å². The Bertz CT molecular complexity index is 728. The molecule has 140 valence electrons. The minimum absolute atomic E-state index is 0.0167. The van der Waals surface area contributed by atoms with E-state index in [0.29, 0.717) is 16.8 Å². The lowest BCUT2D eigenvalue weighted by molar-refractivity contribution is -0.118. The molecule has 2 heterocycles. The van der Waals surface area contributed by atoms with Crippen molar-refractivity contribution in [3.8, 4) is 5.75 Å². The van der Waals surface area contributed by atoms with Gasteiger partial charge in [0.15, 0.2) is 11.7 Å². The molecule has 2 aromatic rings. The van der Waals surface area contributed by atoms with Crippen LogP contribution in [0, 0.1) is 0 Å². The summed E-state index contributed by atoms with van der Waals surface area (Å²) in [7, 11) is 0. The normalized spacial score (nSPS) is 15.7. The van der Waals surface area contributed by atoms with Crippen molar-refractivity contribution in [2.24, 2.45) is 0 Å². The molecule has 1 aliphatic rings. The zero-order valence-electron chi connectivity index (χ0n) is 15.7. The number of aromatic nitrogens is 1. The number of carbonyl (C=O) groups excluding carboxylic acids is 1. The maximum absolute atomic E-state index is 12.1. The molecule has 0 radical (unpaired) electrons. The predicted octanol–water partition coefficient (Wildman–Crippen LogP) is 3.93. The third-order valence-corrected chi connectivity index (χ3v) is 5.68. The molecular formula is C20H27N3O2S. The van der Waals surface area contributed by atoms with Gasteiger partial charge in [-0.15, -0.1) is 11.3 Å². The minimum Gasteiger partial charge on any atom is -0.484 e. The van der Waals surface area contributed by atoms with Crippen LogP contribution in [0.25, 0.3) is 0 Å². The average Bonchev–Trinajstić information content (AvgIpc) is 3.09. The summed E-state index contributed by atoms with van der Waals surface area (Å²) in [5.41, 5.74) is 1.34. The van der Waals surface area contributed by atoms with E-state index in [1.807, 2.05) is 30.5 Å². The molecule has 1 amide bonds. The van der Waals surface area contributed by atoms with Crippen LogP contribution in [0.2, 0.25) is 0 Å². The Kier molecular flexibility index (Phi) is 5.94. The number of carbonyl (C=O) groups is 1. The molecule has 6 heteroatoms. The van der Waals surface area contributed by atoms with Crippen LogP contribution in [-0.4, -0.2) is 30.6 Å². The van der Waals surface area contributed by atoms with Crippen molar-refractivity contribution < 1.29 is 9.53 Å². The van der Waals surface area contributed by atoms with Crippen molar-refractivity contribution in [3.63, 3.8) is 0 Å². The van der Waals surface area contributed by atoms with Crippen molar-refractivity contribution in [2.75, 3.05) is 25.0 Å². The van der Waals surface area contributed by atoms with E-state index in [0.717, 1.165) is 25.9 Å². The fourth-order valence-electron chi connectivity index (χ4n) is 2.99. The minimum atomic E-state index is -0.184. The van der Waals surface area contributed by atoms with E-state index in [4.69, 9.17) is 4.74 Å². The molecule has 26 heavy (non-hydrogen) atoms. The lowest BCUT2D eigenvalue weighted by Crippen LogP contribution is -2.26. The number of thiazole rings is 1. The summed E-state index contributed by atoms with van der Waals surface area (Å²) in [5, 5.41) is 6.85. The quantitative estimate of drug-likeness (QED) is 0.834. The Hall–Kier alpha value is -1.92. The number of amides is 1. The zero-order chi connectivity index (χ0) is 18.6. The van der Waals surface area contributed by atoms with E-state index < -0.39 is 0 Å². The second-order valence-corrected chi connectivity index (χ2v) is 8.77. The third kappa shape index (κ3) is 5.05. The van der Waals surface area contributed by atoms with Crippen LogP contribution in [0.3, 0.4) is 0 Å². The number of piperidine rings is 1. The predicted molar refractivity (Wildman–Crippen MR) is 106 cm³/mol. The van der Waals surface area contributed by atoms with Crippen LogP contribution >= 0.6 is 11.3 Å². The van der Waals surface area contributed by atoms with E-state index in [2.05, 4.69) is 36.4 Å². The number of rotatable bonds is 5. The molecule has 0 saturated carbocycles. The summed E-state index contributed by atoms with van der Waals surface area (Å²) >= 11 is 1.57. The van der Waals surface area contributed by atoms with Crippen molar-refractivity contribution >= 4 is 22.4 Å². The van der Waals surface area contributed by atoms with Gasteiger partial charge in [0.1, 0.15) is 5.75 Å². The van der Waals surface area contributed by atoms with Gasteiger partial charge in [-0.2, -0.15) is 0 Å². The highest BCUT2D eigenvalue weighted by Crippen LogP contribution is 2.31. The molecule has 5 nitrogen and oxygen atoms in total.